The van der Waals surface area contributed by atoms with Gasteiger partial charge in [0.25, 0.3) is 0 Å². The first-order chi connectivity index (χ1) is 10.3. The maximum atomic E-state index is 13.4. The van der Waals surface area contributed by atoms with Gasteiger partial charge in [-0.3, -0.25) is 4.21 Å². The van der Waals surface area contributed by atoms with E-state index in [1.807, 2.05) is 0 Å². The molecule has 0 aliphatic carbocycles. The predicted molar refractivity (Wildman–Crippen MR) is 65.7 cm³/mol. The van der Waals surface area contributed by atoms with Crippen molar-refractivity contribution in [2.75, 3.05) is 0 Å². The van der Waals surface area contributed by atoms with Gasteiger partial charge in [0.2, 0.25) is 5.82 Å². The topological polar surface area (TPSA) is 70.8 Å². The molecular weight excluding hydrogens is 326 g/mol. The van der Waals surface area contributed by atoms with E-state index in [4.69, 9.17) is 0 Å². The minimum Gasteiger partial charge on any atom is -0.768 e. The molecule has 0 bridgehead atoms. The van der Waals surface area contributed by atoms with Gasteiger partial charge in [-0.25, -0.2) is 18.4 Å². The minimum absolute atomic E-state index is 0.148. The van der Waals surface area contributed by atoms with Crippen LogP contribution < -0.4 is 0 Å². The molecule has 5 nitrogen and oxygen atoms in total. The Kier molecular flexibility index (Phi) is 3.52. The van der Waals surface area contributed by atoms with Crippen molar-refractivity contribution in [3.63, 3.8) is 0 Å². The van der Waals surface area contributed by atoms with Crippen molar-refractivity contribution in [3.8, 4) is 0 Å². The van der Waals surface area contributed by atoms with Crippen molar-refractivity contribution in [3.05, 3.63) is 47.0 Å². The van der Waals surface area contributed by atoms with E-state index >= 15 is 0 Å². The van der Waals surface area contributed by atoms with Crippen molar-refractivity contribution < 1.29 is 26.3 Å². The van der Waals surface area contributed by atoms with Crippen molar-refractivity contribution in [2.45, 2.75) is 24.1 Å². The van der Waals surface area contributed by atoms with Gasteiger partial charge in [-0.2, -0.15) is 8.78 Å². The molecule has 118 valence electrons. The standard InChI is InChI=1S/C12H9F4N3O2S/c13-7-3-6(4-8(14)5-7)9-1-2-10-17-11(18-19(9)10)12(15,16)22(20)21/h3-5,9H,1-2H2,(H,20,21)/p-1. The summed E-state index contributed by atoms with van der Waals surface area (Å²) in [5.74, 6) is -2.59. The largest absolute Gasteiger partial charge is 0.768 e. The summed E-state index contributed by atoms with van der Waals surface area (Å²) in [5, 5.41) is -0.695. The molecule has 3 rings (SSSR count). The molecular formula is C12H8F4N3O2S-. The first-order valence-corrected chi connectivity index (χ1v) is 7.25. The van der Waals surface area contributed by atoms with Crippen LogP contribution in [0, 0.1) is 11.6 Å². The van der Waals surface area contributed by atoms with E-state index in [1.54, 1.807) is 0 Å². The highest BCUT2D eigenvalue weighted by Crippen LogP contribution is 2.35. The van der Waals surface area contributed by atoms with Crippen LogP contribution in [-0.4, -0.2) is 23.5 Å². The molecule has 2 atom stereocenters. The number of aromatic nitrogens is 3. The summed E-state index contributed by atoms with van der Waals surface area (Å²) < 4.78 is 75.6. The lowest BCUT2D eigenvalue weighted by molar-refractivity contribution is 0.0768. The summed E-state index contributed by atoms with van der Waals surface area (Å²) in [6.45, 7) is 0. The lowest BCUT2D eigenvalue weighted by atomic mass is 10.0. The minimum atomic E-state index is -4.21. The van der Waals surface area contributed by atoms with Gasteiger partial charge in [-0.15, -0.1) is 5.10 Å². The molecule has 1 aliphatic heterocycles. The van der Waals surface area contributed by atoms with Gasteiger partial charge in [-0.05, 0) is 24.1 Å². The number of benzene rings is 1. The van der Waals surface area contributed by atoms with E-state index in [0.29, 0.717) is 12.5 Å². The summed E-state index contributed by atoms with van der Waals surface area (Å²) in [5.41, 5.74) is 0.222. The third-order valence-corrected chi connectivity index (χ3v) is 3.98. The van der Waals surface area contributed by atoms with E-state index in [2.05, 4.69) is 10.1 Å². The van der Waals surface area contributed by atoms with Gasteiger partial charge in [0, 0.05) is 23.6 Å². The average molecular weight is 334 g/mol. The lowest BCUT2D eigenvalue weighted by Gasteiger charge is -2.16. The second-order valence-corrected chi connectivity index (χ2v) is 5.79. The maximum absolute atomic E-state index is 13.4. The molecule has 1 aromatic heterocycles. The third-order valence-electron chi connectivity index (χ3n) is 3.38. The number of nitrogens with zero attached hydrogens (tertiary/aromatic N) is 3. The smallest absolute Gasteiger partial charge is 0.369 e. The Balaban J connectivity index is 2.02. The van der Waals surface area contributed by atoms with Crippen LogP contribution in [0.4, 0.5) is 17.6 Å². The fourth-order valence-corrected chi connectivity index (χ4v) is 2.67. The molecule has 0 saturated carbocycles. The third kappa shape index (κ3) is 2.41. The number of hydrogen-bond acceptors (Lipinski definition) is 4. The van der Waals surface area contributed by atoms with Crippen molar-refractivity contribution in [1.82, 2.24) is 14.8 Å². The molecule has 0 N–H and O–H groups in total. The molecule has 2 aromatic rings. The second-order valence-electron chi connectivity index (χ2n) is 4.80. The molecule has 0 amide bonds. The first-order valence-electron chi connectivity index (χ1n) is 6.18. The van der Waals surface area contributed by atoms with Crippen molar-refractivity contribution in [2.24, 2.45) is 0 Å². The van der Waals surface area contributed by atoms with Gasteiger partial charge in [0.15, 0.2) is 0 Å². The number of alkyl halides is 2. The Morgan fingerprint density at radius 2 is 1.91 bits per heavy atom. The van der Waals surface area contributed by atoms with Gasteiger partial charge in [0.05, 0.1) is 6.04 Å². The summed E-state index contributed by atoms with van der Waals surface area (Å²) in [7, 11) is 0. The normalized spacial score (nSPS) is 19.2. The Labute approximate surface area is 124 Å². The zero-order valence-corrected chi connectivity index (χ0v) is 11.6. The molecule has 1 aliphatic rings. The van der Waals surface area contributed by atoms with Crippen molar-refractivity contribution >= 4 is 11.1 Å². The Hall–Kier alpha value is -1.81. The van der Waals surface area contributed by atoms with Crippen LogP contribution in [0.1, 0.15) is 29.7 Å². The fraction of sp³-hybridized carbons (Fsp3) is 0.333. The number of halogens is 4. The number of aryl methyl sites for hydroxylation is 1. The second kappa shape index (κ2) is 5.13. The molecule has 0 spiro atoms. The van der Waals surface area contributed by atoms with Crippen LogP contribution in [0.15, 0.2) is 18.2 Å². The van der Waals surface area contributed by atoms with Crippen LogP contribution in [0.3, 0.4) is 0 Å². The van der Waals surface area contributed by atoms with Crippen LogP contribution in [0.2, 0.25) is 0 Å². The SMILES string of the molecule is O=S([O-])C(F)(F)c1nc2n(n1)C(c1cc(F)cc(F)c1)CC2. The van der Waals surface area contributed by atoms with E-state index in [0.717, 1.165) is 16.8 Å². The number of hydrogen-bond donors (Lipinski definition) is 0. The zero-order valence-electron chi connectivity index (χ0n) is 10.8. The predicted octanol–water partition coefficient (Wildman–Crippen LogP) is 2.02. The highest BCUT2D eigenvalue weighted by Gasteiger charge is 2.41. The summed E-state index contributed by atoms with van der Waals surface area (Å²) in [6, 6.07) is 2.18. The Bertz CT molecular complexity index is 745. The Morgan fingerprint density at radius 3 is 2.50 bits per heavy atom. The first kappa shape index (κ1) is 15.1. The molecule has 22 heavy (non-hydrogen) atoms. The van der Waals surface area contributed by atoms with Gasteiger partial charge in [0.1, 0.15) is 17.5 Å². The van der Waals surface area contributed by atoms with E-state index in [1.165, 1.54) is 0 Å². The monoisotopic (exact) mass is 334 g/mol. The van der Waals surface area contributed by atoms with Crippen LogP contribution in [0.5, 0.6) is 0 Å². The Morgan fingerprint density at radius 1 is 1.27 bits per heavy atom. The molecule has 10 heteroatoms. The van der Waals surface area contributed by atoms with Crippen molar-refractivity contribution in [1.29, 1.82) is 0 Å². The molecule has 2 heterocycles. The molecule has 0 radical (unpaired) electrons. The molecule has 1 aromatic carbocycles. The highest BCUT2D eigenvalue weighted by molar-refractivity contribution is 7.79. The van der Waals surface area contributed by atoms with Crippen LogP contribution in [0.25, 0.3) is 0 Å². The summed E-state index contributed by atoms with van der Waals surface area (Å²) in [4.78, 5) is 3.53. The quantitative estimate of drug-likeness (QED) is 0.636. The fourth-order valence-electron chi connectivity index (χ4n) is 2.44. The molecule has 0 fully saturated rings. The number of rotatable bonds is 3. The van der Waals surface area contributed by atoms with Gasteiger partial charge < -0.3 is 4.55 Å². The zero-order chi connectivity index (χ0) is 16.1. The summed E-state index contributed by atoms with van der Waals surface area (Å²) >= 11 is -3.70. The van der Waals surface area contributed by atoms with E-state index in [9.17, 15) is 26.3 Å². The molecule has 0 saturated heterocycles. The van der Waals surface area contributed by atoms with Crippen LogP contribution in [-0.2, 0) is 22.8 Å². The average Bonchev–Trinajstić information content (AvgIpc) is 2.96. The van der Waals surface area contributed by atoms with E-state index in [-0.39, 0.29) is 17.8 Å². The molecule has 2 unspecified atom stereocenters. The number of fused-ring (bicyclic) bond motifs is 1. The highest BCUT2D eigenvalue weighted by atomic mass is 32.2. The van der Waals surface area contributed by atoms with Gasteiger partial charge >= 0.3 is 5.25 Å². The van der Waals surface area contributed by atoms with Crippen LogP contribution >= 0.6 is 0 Å². The maximum Gasteiger partial charge on any atom is 0.369 e. The van der Waals surface area contributed by atoms with E-state index < -0.39 is 39.8 Å². The van der Waals surface area contributed by atoms with Gasteiger partial charge in [-0.1, -0.05) is 0 Å². The lowest BCUT2D eigenvalue weighted by Crippen LogP contribution is -2.22. The summed E-state index contributed by atoms with van der Waals surface area (Å²) in [6.07, 6.45) is 0.627.